The van der Waals surface area contributed by atoms with Crippen LogP contribution in [0.4, 0.5) is 19.0 Å². The molecule has 5 aliphatic rings. The summed E-state index contributed by atoms with van der Waals surface area (Å²) in [6.07, 6.45) is 2.59. The Morgan fingerprint density at radius 3 is 2.74 bits per heavy atom. The lowest BCUT2D eigenvalue weighted by molar-refractivity contribution is 0.0261. The molecule has 282 valence electrons. The Balaban J connectivity index is 1.14. The molecule has 10 nitrogen and oxygen atoms in total. The van der Waals surface area contributed by atoms with E-state index in [2.05, 4.69) is 25.4 Å². The SMILES string of the molecule is CCc1cccc2cc(O)cc(-c3c(F)c4c5c(nc(OC[C@H]6C[C@@H](F)CNC[C@@H](CN7CCOCC7)C6)nc5c3F)N3CC5CCC(N5)C3CO4)c12. The van der Waals surface area contributed by atoms with E-state index in [1.165, 1.54) is 6.07 Å². The van der Waals surface area contributed by atoms with Crippen LogP contribution in [0.3, 0.4) is 0 Å². The van der Waals surface area contributed by atoms with Crippen molar-refractivity contribution in [2.45, 2.75) is 63.3 Å². The summed E-state index contributed by atoms with van der Waals surface area (Å²) in [6.45, 7) is 7.99. The fourth-order valence-corrected chi connectivity index (χ4v) is 9.52. The van der Waals surface area contributed by atoms with Crippen molar-refractivity contribution in [1.82, 2.24) is 25.5 Å². The van der Waals surface area contributed by atoms with Crippen molar-refractivity contribution in [1.29, 1.82) is 0 Å². The van der Waals surface area contributed by atoms with Gasteiger partial charge in [-0.25, -0.2) is 13.2 Å². The topological polar surface area (TPSA) is 104 Å². The number of alkyl halides is 1. The zero-order valence-corrected chi connectivity index (χ0v) is 30.1. The second-order valence-corrected chi connectivity index (χ2v) is 15.5. The Morgan fingerprint density at radius 1 is 1.02 bits per heavy atom. The number of aromatic nitrogens is 2. The molecule has 3 aromatic carbocycles. The minimum Gasteiger partial charge on any atom is -0.508 e. The molecule has 4 aromatic rings. The quantitative estimate of drug-likeness (QED) is 0.230. The number of halogens is 3. The highest BCUT2D eigenvalue weighted by Gasteiger charge is 2.45. The minimum atomic E-state index is -1.03. The molecule has 6 heterocycles. The zero-order chi connectivity index (χ0) is 36.2. The van der Waals surface area contributed by atoms with Crippen LogP contribution < -0.4 is 25.0 Å². The molecule has 0 spiro atoms. The largest absolute Gasteiger partial charge is 0.508 e. The van der Waals surface area contributed by atoms with Gasteiger partial charge in [0.05, 0.1) is 36.8 Å². The van der Waals surface area contributed by atoms with Gasteiger partial charge in [0.1, 0.15) is 29.9 Å². The van der Waals surface area contributed by atoms with Gasteiger partial charge in [-0.2, -0.15) is 9.97 Å². The first-order valence-electron chi connectivity index (χ1n) is 19.3. The third kappa shape index (κ3) is 6.53. The maximum atomic E-state index is 17.3. The molecule has 0 amide bonds. The van der Waals surface area contributed by atoms with Gasteiger partial charge in [0, 0.05) is 44.8 Å². The fourth-order valence-electron chi connectivity index (χ4n) is 9.52. The van der Waals surface area contributed by atoms with Crippen LogP contribution in [-0.2, 0) is 11.2 Å². The Morgan fingerprint density at radius 2 is 1.89 bits per heavy atom. The molecule has 0 saturated carbocycles. The lowest BCUT2D eigenvalue weighted by atomic mass is 9.88. The van der Waals surface area contributed by atoms with Gasteiger partial charge < -0.3 is 34.9 Å². The number of nitrogens with zero attached hydrogens (tertiary/aromatic N) is 4. The van der Waals surface area contributed by atoms with Crippen molar-refractivity contribution >= 4 is 27.5 Å². The summed E-state index contributed by atoms with van der Waals surface area (Å²) in [5.74, 6) is -1.38. The first kappa shape index (κ1) is 34.8. The van der Waals surface area contributed by atoms with Crippen LogP contribution in [-0.4, -0.2) is 110 Å². The third-order valence-electron chi connectivity index (χ3n) is 12.0. The number of morpholine rings is 1. The first-order chi connectivity index (χ1) is 25.8. The maximum absolute atomic E-state index is 17.3. The monoisotopic (exact) mass is 732 g/mol. The van der Waals surface area contributed by atoms with Crippen molar-refractivity contribution < 1.29 is 32.5 Å². The van der Waals surface area contributed by atoms with E-state index in [-0.39, 0.29) is 83.3 Å². The second-order valence-electron chi connectivity index (χ2n) is 15.5. The van der Waals surface area contributed by atoms with E-state index in [4.69, 9.17) is 19.2 Å². The number of benzene rings is 3. The van der Waals surface area contributed by atoms with Crippen LogP contribution in [0.2, 0.25) is 0 Å². The Hall–Kier alpha value is -3.91. The molecule has 0 radical (unpaired) electrons. The van der Waals surface area contributed by atoms with E-state index in [0.29, 0.717) is 61.7 Å². The molecule has 1 aromatic heterocycles. The number of phenols is 1. The fraction of sp³-hybridized carbons (Fsp3) is 0.550. The van der Waals surface area contributed by atoms with E-state index < -0.39 is 17.8 Å². The van der Waals surface area contributed by atoms with E-state index in [1.54, 1.807) is 6.07 Å². The summed E-state index contributed by atoms with van der Waals surface area (Å²) in [5.41, 5.74) is 0.692. The summed E-state index contributed by atoms with van der Waals surface area (Å²) >= 11 is 0. The predicted molar refractivity (Wildman–Crippen MR) is 197 cm³/mol. The van der Waals surface area contributed by atoms with Crippen molar-refractivity contribution in [3.8, 4) is 28.6 Å². The highest BCUT2D eigenvalue weighted by molar-refractivity contribution is 6.05. The predicted octanol–water partition coefficient (Wildman–Crippen LogP) is 5.36. The van der Waals surface area contributed by atoms with E-state index in [0.717, 1.165) is 44.5 Å². The van der Waals surface area contributed by atoms with Crippen LogP contribution >= 0.6 is 0 Å². The molecule has 0 aliphatic carbocycles. The van der Waals surface area contributed by atoms with Crippen LogP contribution in [0.15, 0.2) is 30.3 Å². The number of rotatable bonds is 7. The Bertz CT molecular complexity index is 2010. The smallest absolute Gasteiger partial charge is 0.319 e. The number of hydrogen-bond donors (Lipinski definition) is 3. The summed E-state index contributed by atoms with van der Waals surface area (Å²) < 4.78 is 67.7. The number of anilines is 1. The number of aromatic hydroxyl groups is 1. The average molecular weight is 733 g/mol. The van der Waals surface area contributed by atoms with Gasteiger partial charge in [-0.3, -0.25) is 4.90 Å². The Kier molecular flexibility index (Phi) is 9.46. The maximum Gasteiger partial charge on any atom is 0.319 e. The summed E-state index contributed by atoms with van der Waals surface area (Å²) in [4.78, 5) is 14.1. The van der Waals surface area contributed by atoms with Crippen molar-refractivity contribution in [3.63, 3.8) is 0 Å². The van der Waals surface area contributed by atoms with Crippen molar-refractivity contribution in [2.24, 2.45) is 11.8 Å². The zero-order valence-electron chi connectivity index (χ0n) is 30.1. The molecule has 53 heavy (non-hydrogen) atoms. The van der Waals surface area contributed by atoms with Crippen LogP contribution in [0.5, 0.6) is 17.5 Å². The van der Waals surface area contributed by atoms with E-state index >= 15 is 13.2 Å². The van der Waals surface area contributed by atoms with Gasteiger partial charge in [0.15, 0.2) is 17.4 Å². The number of nitrogens with one attached hydrogen (secondary N) is 2. The molecule has 3 unspecified atom stereocenters. The highest BCUT2D eigenvalue weighted by Crippen LogP contribution is 2.48. The number of phenolic OH excluding ortho intramolecular Hbond substituents is 1. The molecule has 4 saturated heterocycles. The van der Waals surface area contributed by atoms with Gasteiger partial charge in [0.25, 0.3) is 0 Å². The normalized spacial score (nSPS) is 27.6. The summed E-state index contributed by atoms with van der Waals surface area (Å²) in [6, 6.07) is 8.75. The molecule has 4 fully saturated rings. The third-order valence-corrected chi connectivity index (χ3v) is 12.0. The molecule has 5 aliphatic heterocycles. The highest BCUT2D eigenvalue weighted by atomic mass is 19.1. The Labute approximate surface area is 307 Å². The van der Waals surface area contributed by atoms with Gasteiger partial charge in [-0.1, -0.05) is 25.1 Å². The summed E-state index contributed by atoms with van der Waals surface area (Å²) in [5, 5.41) is 19.3. The van der Waals surface area contributed by atoms with Gasteiger partial charge in [-0.15, -0.1) is 0 Å². The molecule has 9 rings (SSSR count). The van der Waals surface area contributed by atoms with Crippen LogP contribution in [0.1, 0.15) is 38.2 Å². The van der Waals surface area contributed by atoms with Crippen LogP contribution in [0.25, 0.3) is 32.8 Å². The number of ether oxygens (including phenoxy) is 3. The standard InChI is InChI=1S/C40H47F3N6O4/c1-2-24-4-3-5-25-14-28(50)15-29(32(24)25)33-35(42)37-34-38(36(33)43)52-21-31-30-7-6-27(45-30)19-49(31)39(34)47-40(46-37)53-20-22-12-23(16-44-17-26(41)13-22)18-48-8-10-51-11-9-48/h3-5,14-15,22-23,26-27,30-31,44-45,50H,2,6-13,16-21H2,1H3/t22-,23+,26-,27?,30?,31?/m1/s1. The van der Waals surface area contributed by atoms with E-state index in [1.807, 2.05) is 25.1 Å². The summed E-state index contributed by atoms with van der Waals surface area (Å²) in [7, 11) is 0. The number of aryl methyl sites for hydroxylation is 1. The number of hydrogen-bond acceptors (Lipinski definition) is 10. The molecular weight excluding hydrogens is 685 g/mol. The number of piperazine rings is 1. The van der Waals surface area contributed by atoms with Crippen molar-refractivity contribution in [2.75, 3.05) is 70.6 Å². The second kappa shape index (κ2) is 14.4. The number of fused-ring (bicyclic) bond motifs is 6. The molecule has 6 atom stereocenters. The van der Waals surface area contributed by atoms with Gasteiger partial charge in [0.2, 0.25) is 0 Å². The average Bonchev–Trinajstić information content (AvgIpc) is 3.46. The molecule has 3 N–H and O–H groups in total. The lowest BCUT2D eigenvalue weighted by Crippen LogP contribution is -2.60. The van der Waals surface area contributed by atoms with Crippen molar-refractivity contribution in [3.05, 3.63) is 47.5 Å². The molecule has 2 bridgehead atoms. The first-order valence-corrected chi connectivity index (χ1v) is 19.3. The van der Waals surface area contributed by atoms with Crippen LogP contribution in [0, 0.1) is 23.5 Å². The molecular formula is C40H47F3N6O4. The van der Waals surface area contributed by atoms with E-state index in [9.17, 15) is 5.11 Å². The van der Waals surface area contributed by atoms with Gasteiger partial charge in [-0.05, 0) is 84.5 Å². The minimum absolute atomic E-state index is 0.0308. The van der Waals surface area contributed by atoms with Gasteiger partial charge >= 0.3 is 6.01 Å². The molecule has 13 heteroatoms. The lowest BCUT2D eigenvalue weighted by Gasteiger charge is -2.40.